The second kappa shape index (κ2) is 6.75. The van der Waals surface area contributed by atoms with E-state index in [2.05, 4.69) is 9.97 Å². The van der Waals surface area contributed by atoms with Gasteiger partial charge in [-0.25, -0.2) is 9.78 Å². The molecule has 2 aliphatic heterocycles. The summed E-state index contributed by atoms with van der Waals surface area (Å²) in [6, 6.07) is 1.68. The predicted molar refractivity (Wildman–Crippen MR) is 96.7 cm³/mol. The van der Waals surface area contributed by atoms with E-state index in [1.807, 2.05) is 0 Å². The fourth-order valence-corrected chi connectivity index (χ4v) is 4.04. The van der Waals surface area contributed by atoms with Crippen LogP contribution in [0.15, 0.2) is 34.1 Å². The maximum absolute atomic E-state index is 13.0. The molecular weight excluding hydrogens is 391 g/mol. The molecule has 2 aromatic rings. The van der Waals surface area contributed by atoms with Crippen molar-refractivity contribution >= 4 is 11.7 Å². The van der Waals surface area contributed by atoms with Crippen LogP contribution in [0.1, 0.15) is 22.3 Å². The summed E-state index contributed by atoms with van der Waals surface area (Å²) >= 11 is 0. The van der Waals surface area contributed by atoms with Crippen molar-refractivity contribution in [2.75, 3.05) is 24.5 Å². The van der Waals surface area contributed by atoms with Crippen LogP contribution in [-0.2, 0) is 13.2 Å². The molecule has 4 heterocycles. The summed E-state index contributed by atoms with van der Waals surface area (Å²) in [5.74, 6) is -0.211. The summed E-state index contributed by atoms with van der Waals surface area (Å²) in [5, 5.41) is 0. The van der Waals surface area contributed by atoms with E-state index in [0.29, 0.717) is 26.1 Å². The van der Waals surface area contributed by atoms with Gasteiger partial charge in [0.25, 0.3) is 11.5 Å². The maximum Gasteiger partial charge on any atom is 0.416 e. The van der Waals surface area contributed by atoms with Gasteiger partial charge in [0.2, 0.25) is 0 Å². The number of pyridine rings is 1. The van der Waals surface area contributed by atoms with Crippen molar-refractivity contribution in [3.05, 3.63) is 56.5 Å². The van der Waals surface area contributed by atoms with Gasteiger partial charge in [0.15, 0.2) is 0 Å². The summed E-state index contributed by atoms with van der Waals surface area (Å²) < 4.78 is 39.8. The van der Waals surface area contributed by atoms with Crippen LogP contribution in [0.25, 0.3) is 0 Å². The molecule has 0 saturated carbocycles. The maximum atomic E-state index is 13.0. The molecule has 154 valence electrons. The smallest absolute Gasteiger partial charge is 0.354 e. The van der Waals surface area contributed by atoms with Crippen LogP contribution in [-0.4, -0.2) is 51.0 Å². The minimum atomic E-state index is -4.46. The number of fused-ring (bicyclic) bond motifs is 1. The number of H-pyrrole nitrogens is 1. The molecule has 29 heavy (non-hydrogen) atoms. The fourth-order valence-electron chi connectivity index (χ4n) is 4.04. The Morgan fingerprint density at radius 1 is 1.28 bits per heavy atom. The van der Waals surface area contributed by atoms with Crippen molar-refractivity contribution in [1.82, 2.24) is 19.4 Å². The lowest BCUT2D eigenvalue weighted by molar-refractivity contribution is -0.137. The molecule has 0 aromatic carbocycles. The van der Waals surface area contributed by atoms with Crippen LogP contribution in [0.3, 0.4) is 0 Å². The quantitative estimate of drug-likeness (QED) is 0.794. The third-order valence-electron chi connectivity index (χ3n) is 5.62. The number of aromatic nitrogens is 3. The van der Waals surface area contributed by atoms with Gasteiger partial charge in [-0.3, -0.25) is 14.2 Å². The van der Waals surface area contributed by atoms with Gasteiger partial charge in [-0.2, -0.15) is 13.2 Å². The van der Waals surface area contributed by atoms with Gasteiger partial charge in [0.05, 0.1) is 11.6 Å². The number of aromatic amines is 1. The zero-order valence-electron chi connectivity index (χ0n) is 15.4. The Hall–Kier alpha value is -3.11. The Balaban J connectivity index is 1.57. The van der Waals surface area contributed by atoms with E-state index in [0.717, 1.165) is 29.1 Å². The zero-order chi connectivity index (χ0) is 20.9. The highest BCUT2D eigenvalue weighted by Crippen LogP contribution is 2.36. The number of nitrogens with zero attached hydrogens (tertiary/aromatic N) is 4. The van der Waals surface area contributed by atoms with Crippen molar-refractivity contribution < 1.29 is 18.0 Å². The molecule has 2 saturated heterocycles. The lowest BCUT2D eigenvalue weighted by Gasteiger charge is -2.25. The standard InChI is InChI=1S/C18H18F3N5O3/c1-24-15(27)12(7-23-17(24)29)16(28)26-5-3-10-8-25(9-13(10)26)14-6-11(2-4-22-14)18(19,20)21/h2,4,6-7,10,13H,3,5,8-9H2,1H3,(H,23,29). The molecule has 0 aliphatic carbocycles. The largest absolute Gasteiger partial charge is 0.416 e. The van der Waals surface area contributed by atoms with Crippen molar-refractivity contribution in [2.24, 2.45) is 13.0 Å². The Bertz CT molecular complexity index is 1080. The molecule has 4 rings (SSSR count). The highest BCUT2D eigenvalue weighted by Gasteiger charge is 2.44. The number of carbonyl (C=O) groups is 1. The molecule has 2 atom stereocenters. The minimum Gasteiger partial charge on any atom is -0.354 e. The van der Waals surface area contributed by atoms with Crippen LogP contribution in [0.4, 0.5) is 19.0 Å². The molecule has 0 bridgehead atoms. The minimum absolute atomic E-state index is 0.0712. The Morgan fingerprint density at radius 3 is 2.76 bits per heavy atom. The van der Waals surface area contributed by atoms with Crippen molar-refractivity contribution in [1.29, 1.82) is 0 Å². The average molecular weight is 409 g/mol. The number of hydrogen-bond donors (Lipinski definition) is 1. The van der Waals surface area contributed by atoms with Gasteiger partial charge in [0, 0.05) is 45.0 Å². The first-order valence-corrected chi connectivity index (χ1v) is 9.04. The number of halogens is 3. The summed E-state index contributed by atoms with van der Waals surface area (Å²) in [6.45, 7) is 1.25. The van der Waals surface area contributed by atoms with Gasteiger partial charge in [-0.1, -0.05) is 0 Å². The number of amides is 1. The van der Waals surface area contributed by atoms with Gasteiger partial charge >= 0.3 is 11.9 Å². The monoisotopic (exact) mass is 409 g/mol. The Labute approximate surface area is 162 Å². The predicted octanol–water partition coefficient (Wildman–Crippen LogP) is 0.838. The molecule has 8 nitrogen and oxygen atoms in total. The van der Waals surface area contributed by atoms with E-state index in [1.54, 1.807) is 9.80 Å². The normalized spacial score (nSPS) is 21.5. The van der Waals surface area contributed by atoms with Crippen molar-refractivity contribution in [3.63, 3.8) is 0 Å². The zero-order valence-corrected chi connectivity index (χ0v) is 15.4. The van der Waals surface area contributed by atoms with Gasteiger partial charge in [-0.05, 0) is 18.6 Å². The first kappa shape index (κ1) is 19.2. The van der Waals surface area contributed by atoms with Gasteiger partial charge in [0.1, 0.15) is 11.4 Å². The highest BCUT2D eigenvalue weighted by atomic mass is 19.4. The highest BCUT2D eigenvalue weighted by molar-refractivity contribution is 5.94. The van der Waals surface area contributed by atoms with E-state index in [4.69, 9.17) is 0 Å². The van der Waals surface area contributed by atoms with Gasteiger partial charge in [-0.15, -0.1) is 0 Å². The lowest BCUT2D eigenvalue weighted by atomic mass is 10.1. The first-order chi connectivity index (χ1) is 13.7. The number of rotatable bonds is 2. The number of nitrogens with one attached hydrogen (secondary N) is 1. The molecule has 0 radical (unpaired) electrons. The summed E-state index contributed by atoms with van der Waals surface area (Å²) in [6.07, 6.45) is -1.55. The van der Waals surface area contributed by atoms with Crippen LogP contribution >= 0.6 is 0 Å². The number of alkyl halides is 3. The first-order valence-electron chi connectivity index (χ1n) is 9.04. The SMILES string of the molecule is Cn1c(=O)[nH]cc(C(=O)N2CCC3CN(c4cc(C(F)(F)F)ccn4)CC32)c1=O. The molecule has 2 aliphatic rings. The molecule has 1 amide bonds. The lowest BCUT2D eigenvalue weighted by Crippen LogP contribution is -2.44. The molecule has 1 N–H and O–H groups in total. The van der Waals surface area contributed by atoms with E-state index < -0.39 is 28.9 Å². The van der Waals surface area contributed by atoms with Crippen molar-refractivity contribution in [3.8, 4) is 0 Å². The third-order valence-corrected chi connectivity index (χ3v) is 5.62. The second-order valence-electron chi connectivity index (χ2n) is 7.29. The Morgan fingerprint density at radius 2 is 2.03 bits per heavy atom. The molecule has 2 unspecified atom stereocenters. The molecule has 2 aromatic heterocycles. The van der Waals surface area contributed by atoms with Crippen LogP contribution < -0.4 is 16.1 Å². The summed E-state index contributed by atoms with van der Waals surface area (Å²) in [5.41, 5.74) is -2.21. The van der Waals surface area contributed by atoms with Crippen LogP contribution in [0, 0.1) is 5.92 Å². The van der Waals surface area contributed by atoms with Crippen LogP contribution in [0.2, 0.25) is 0 Å². The Kier molecular flexibility index (Phi) is 4.47. The van der Waals surface area contributed by atoms with E-state index >= 15 is 0 Å². The van der Waals surface area contributed by atoms with E-state index in [9.17, 15) is 27.6 Å². The summed E-state index contributed by atoms with van der Waals surface area (Å²) in [7, 11) is 1.28. The molecule has 11 heteroatoms. The number of hydrogen-bond acceptors (Lipinski definition) is 5. The molecule has 0 spiro atoms. The summed E-state index contributed by atoms with van der Waals surface area (Å²) in [4.78, 5) is 46.4. The second-order valence-corrected chi connectivity index (χ2v) is 7.29. The van der Waals surface area contributed by atoms with E-state index in [-0.39, 0.29) is 23.3 Å². The topological polar surface area (TPSA) is 91.3 Å². The van der Waals surface area contributed by atoms with Gasteiger partial charge < -0.3 is 14.8 Å². The third kappa shape index (κ3) is 3.30. The molecule has 2 fully saturated rings. The number of likely N-dealkylation sites (tertiary alicyclic amines) is 1. The number of anilines is 1. The van der Waals surface area contributed by atoms with Crippen LogP contribution in [0.5, 0.6) is 0 Å². The number of carbonyl (C=O) groups excluding carboxylic acids is 1. The molecular formula is C18H18F3N5O3. The van der Waals surface area contributed by atoms with E-state index in [1.165, 1.54) is 7.05 Å². The van der Waals surface area contributed by atoms with Crippen molar-refractivity contribution in [2.45, 2.75) is 18.6 Å². The average Bonchev–Trinajstić information content (AvgIpc) is 3.26. The fraction of sp³-hybridized carbons (Fsp3) is 0.444.